The number of hydrogen-bond acceptors (Lipinski definition) is 11. The Morgan fingerprint density at radius 2 is 1.93 bits per heavy atom. The molecule has 1 atom stereocenters. The first kappa shape index (κ1) is 28.2. The van der Waals surface area contributed by atoms with Crippen molar-refractivity contribution in [2.24, 2.45) is 4.99 Å². The van der Waals surface area contributed by atoms with Gasteiger partial charge in [-0.3, -0.25) is 14.2 Å². The van der Waals surface area contributed by atoms with E-state index < -0.39 is 12.0 Å². The topological polar surface area (TPSA) is 138 Å². The highest BCUT2D eigenvalue weighted by atomic mass is 32.2. The van der Waals surface area contributed by atoms with E-state index in [9.17, 15) is 14.4 Å². The average molecular weight is 595 g/mol. The molecular formula is C28H26N4O7S2. The van der Waals surface area contributed by atoms with E-state index in [4.69, 9.17) is 18.6 Å². The molecule has 41 heavy (non-hydrogen) atoms. The Balaban J connectivity index is 1.60. The van der Waals surface area contributed by atoms with E-state index in [2.05, 4.69) is 15.0 Å². The van der Waals surface area contributed by atoms with Gasteiger partial charge >= 0.3 is 5.97 Å². The average Bonchev–Trinajstić information content (AvgIpc) is 3.50. The number of hydrogen-bond donors (Lipinski definition) is 1. The van der Waals surface area contributed by atoms with Crippen LogP contribution in [0.4, 0.5) is 0 Å². The molecule has 3 aromatic heterocycles. The first-order valence-corrected chi connectivity index (χ1v) is 14.1. The summed E-state index contributed by atoms with van der Waals surface area (Å²) in [5.74, 6) is 0.837. The fourth-order valence-corrected chi connectivity index (χ4v) is 6.25. The Morgan fingerprint density at radius 1 is 1.15 bits per heavy atom. The number of aryl methyl sites for hydroxylation is 1. The van der Waals surface area contributed by atoms with Crippen LogP contribution in [-0.4, -0.2) is 41.3 Å². The Bertz CT molecular complexity index is 1920. The van der Waals surface area contributed by atoms with Crippen LogP contribution in [-0.2, 0) is 9.53 Å². The fourth-order valence-electron chi connectivity index (χ4n) is 4.42. The summed E-state index contributed by atoms with van der Waals surface area (Å²) < 4.78 is 24.0. The normalized spacial score (nSPS) is 15.0. The molecule has 1 aromatic carbocycles. The largest absolute Gasteiger partial charge is 0.493 e. The summed E-state index contributed by atoms with van der Waals surface area (Å²) in [6.07, 6.45) is 1.62. The lowest BCUT2D eigenvalue weighted by molar-refractivity contribution is -0.139. The van der Waals surface area contributed by atoms with Crippen molar-refractivity contribution < 1.29 is 23.4 Å². The summed E-state index contributed by atoms with van der Waals surface area (Å²) in [7, 11) is 3.05. The lowest BCUT2D eigenvalue weighted by atomic mass is 9.95. The molecule has 1 aliphatic rings. The Hall–Kier alpha value is -4.36. The molecule has 0 fully saturated rings. The first-order valence-electron chi connectivity index (χ1n) is 12.5. The number of fused-ring (bicyclic) bond motifs is 1. The molecule has 4 aromatic rings. The third-order valence-electron chi connectivity index (χ3n) is 6.16. The Morgan fingerprint density at radius 3 is 2.63 bits per heavy atom. The maximum absolute atomic E-state index is 13.8. The highest BCUT2D eigenvalue weighted by molar-refractivity contribution is 7.99. The van der Waals surface area contributed by atoms with Crippen LogP contribution < -0.4 is 29.9 Å². The summed E-state index contributed by atoms with van der Waals surface area (Å²) in [6.45, 7) is 5.34. The van der Waals surface area contributed by atoms with Crippen LogP contribution in [0.15, 0.2) is 76.9 Å². The number of carbonyl (C=O) groups excluding carboxylic acids is 1. The van der Waals surface area contributed by atoms with E-state index >= 15 is 0 Å². The van der Waals surface area contributed by atoms with E-state index in [1.165, 1.54) is 36.2 Å². The van der Waals surface area contributed by atoms with Gasteiger partial charge in [-0.15, -0.1) is 0 Å². The molecule has 0 bridgehead atoms. The van der Waals surface area contributed by atoms with Gasteiger partial charge in [0.15, 0.2) is 26.5 Å². The van der Waals surface area contributed by atoms with E-state index in [-0.39, 0.29) is 23.3 Å². The Labute approximate surface area is 241 Å². The minimum Gasteiger partial charge on any atom is -0.493 e. The zero-order chi connectivity index (χ0) is 29.3. The Kier molecular flexibility index (Phi) is 7.99. The molecule has 0 spiro atoms. The summed E-state index contributed by atoms with van der Waals surface area (Å²) >= 11 is 2.34. The third-order valence-corrected chi connectivity index (χ3v) is 7.95. The van der Waals surface area contributed by atoms with Crippen molar-refractivity contribution in [2.75, 3.05) is 20.8 Å². The predicted molar refractivity (Wildman–Crippen MR) is 152 cm³/mol. The third kappa shape index (κ3) is 5.63. The molecule has 0 unspecified atom stereocenters. The molecular weight excluding hydrogens is 568 g/mol. The van der Waals surface area contributed by atoms with Gasteiger partial charge in [-0.25, -0.2) is 14.8 Å². The molecule has 13 heteroatoms. The maximum Gasteiger partial charge on any atom is 0.338 e. The van der Waals surface area contributed by atoms with Crippen LogP contribution in [0.2, 0.25) is 0 Å². The number of nitrogens with zero attached hydrogens (tertiary/aromatic N) is 3. The lowest BCUT2D eigenvalue weighted by Crippen LogP contribution is -2.39. The van der Waals surface area contributed by atoms with Crippen molar-refractivity contribution in [3.8, 4) is 11.5 Å². The lowest BCUT2D eigenvalue weighted by Gasteiger charge is -2.25. The van der Waals surface area contributed by atoms with E-state index in [1.807, 2.05) is 0 Å². The van der Waals surface area contributed by atoms with Crippen LogP contribution in [0.5, 0.6) is 11.5 Å². The first-order chi connectivity index (χ1) is 19.7. The summed E-state index contributed by atoms with van der Waals surface area (Å²) in [5, 5.41) is 0.883. The number of nitrogens with one attached hydrogen (secondary N) is 1. The van der Waals surface area contributed by atoms with Crippen LogP contribution in [0, 0.1) is 6.92 Å². The molecule has 0 aliphatic carbocycles. The molecule has 0 radical (unpaired) electrons. The number of rotatable bonds is 8. The number of thiazole rings is 1. The maximum atomic E-state index is 13.8. The minimum atomic E-state index is -0.806. The number of aromatic amines is 1. The quantitative estimate of drug-likeness (QED) is 0.241. The summed E-state index contributed by atoms with van der Waals surface area (Å²) in [6, 6.07) is 9.28. The number of aromatic nitrogens is 3. The zero-order valence-corrected chi connectivity index (χ0v) is 24.5. The molecule has 0 saturated carbocycles. The van der Waals surface area contributed by atoms with Gasteiger partial charge in [0.25, 0.3) is 11.1 Å². The molecule has 4 heterocycles. The van der Waals surface area contributed by atoms with Crippen molar-refractivity contribution in [1.29, 1.82) is 0 Å². The second-order valence-corrected chi connectivity index (χ2v) is 10.9. The van der Waals surface area contributed by atoms with Gasteiger partial charge in [0.2, 0.25) is 0 Å². The number of carbonyl (C=O) groups is 1. The monoisotopic (exact) mass is 594 g/mol. The van der Waals surface area contributed by atoms with Gasteiger partial charge in [0.1, 0.15) is 5.76 Å². The van der Waals surface area contributed by atoms with Gasteiger partial charge in [0.05, 0.1) is 42.7 Å². The molecule has 0 amide bonds. The second-order valence-electron chi connectivity index (χ2n) is 8.87. The molecule has 1 aliphatic heterocycles. The highest BCUT2D eigenvalue weighted by Gasteiger charge is 2.34. The second kappa shape index (κ2) is 11.6. The van der Waals surface area contributed by atoms with E-state index in [0.29, 0.717) is 53.8 Å². The number of ether oxygens (including phenoxy) is 3. The highest BCUT2D eigenvalue weighted by Crippen LogP contribution is 2.36. The van der Waals surface area contributed by atoms with Gasteiger partial charge in [-0.2, -0.15) is 0 Å². The molecule has 11 nitrogen and oxygen atoms in total. The summed E-state index contributed by atoms with van der Waals surface area (Å²) in [5.41, 5.74) is 1.32. The van der Waals surface area contributed by atoms with Crippen LogP contribution in [0.25, 0.3) is 6.08 Å². The number of allylic oxidation sites excluding steroid dienone is 1. The molecule has 5 rings (SSSR count). The van der Waals surface area contributed by atoms with Crippen molar-refractivity contribution in [1.82, 2.24) is 14.5 Å². The molecule has 212 valence electrons. The number of H-pyrrole nitrogens is 1. The van der Waals surface area contributed by atoms with Gasteiger partial charge in [-0.1, -0.05) is 17.4 Å². The van der Waals surface area contributed by atoms with Gasteiger partial charge < -0.3 is 23.6 Å². The van der Waals surface area contributed by atoms with Crippen molar-refractivity contribution in [2.45, 2.75) is 37.1 Å². The predicted octanol–water partition coefficient (Wildman–Crippen LogP) is 2.95. The molecule has 0 saturated heterocycles. The smallest absolute Gasteiger partial charge is 0.338 e. The number of furan rings is 1. The van der Waals surface area contributed by atoms with Gasteiger partial charge in [0, 0.05) is 17.8 Å². The minimum absolute atomic E-state index is 0.170. The zero-order valence-electron chi connectivity index (χ0n) is 22.8. The van der Waals surface area contributed by atoms with Crippen molar-refractivity contribution >= 4 is 35.1 Å². The summed E-state index contributed by atoms with van der Waals surface area (Å²) in [4.78, 5) is 50.7. The SMILES string of the molecule is CCOC(=O)C1=C(C)N=c2s/c(=C/c3ccc(Sc4nc(C)cc(=O)[nH]4)o3)c(=O)n2[C@H]1c1ccc(OC)c(OC)c1. The molecule has 1 N–H and O–H groups in total. The number of esters is 1. The van der Waals surface area contributed by atoms with Crippen molar-refractivity contribution in [3.63, 3.8) is 0 Å². The van der Waals surface area contributed by atoms with E-state index in [0.717, 1.165) is 11.8 Å². The van der Waals surface area contributed by atoms with Crippen molar-refractivity contribution in [3.05, 3.63) is 94.7 Å². The van der Waals surface area contributed by atoms with Gasteiger partial charge in [-0.05, 0) is 62.4 Å². The number of benzene rings is 1. The van der Waals surface area contributed by atoms with Crippen LogP contribution in [0.1, 0.15) is 36.9 Å². The number of methoxy groups -OCH3 is 2. The fraction of sp³-hybridized carbons (Fsp3) is 0.250. The standard InChI is InChI=1S/C28H26N4O7S2/c1-6-38-26(35)23-15(3)30-28-32(24(23)16-7-9-18(36-4)19(12-16)37-5)25(34)20(40-28)13-17-8-10-22(39-17)41-27-29-14(2)11-21(33)31-27/h7-13,24H,6H2,1-5H3,(H,29,31,33)/b20-13+/t24-/m0/s1. The van der Waals surface area contributed by atoms with Crippen LogP contribution >= 0.6 is 23.1 Å². The van der Waals surface area contributed by atoms with Crippen LogP contribution in [0.3, 0.4) is 0 Å². The van der Waals surface area contributed by atoms with E-state index in [1.54, 1.807) is 57.2 Å².